The zero-order chi connectivity index (χ0) is 14.0. The third-order valence-corrected chi connectivity index (χ3v) is 3.29. The number of halogens is 1. The van der Waals surface area contributed by atoms with Crippen LogP contribution in [0.1, 0.15) is 37.0 Å². The molecule has 0 bridgehead atoms. The molecule has 5 nitrogen and oxygen atoms in total. The first-order chi connectivity index (χ1) is 9.04. The maximum absolute atomic E-state index is 14.0. The van der Waals surface area contributed by atoms with Crippen molar-refractivity contribution in [3.8, 4) is 0 Å². The monoisotopic (exact) mass is 266 g/mol. The lowest BCUT2D eigenvalue weighted by atomic mass is 10.1. The zero-order valence-corrected chi connectivity index (χ0v) is 11.2. The predicted octanol–water partition coefficient (Wildman–Crippen LogP) is 1.77. The second-order valence-electron chi connectivity index (χ2n) is 5.16. The molecule has 1 amide bonds. The third-order valence-electron chi connectivity index (χ3n) is 3.29. The van der Waals surface area contributed by atoms with Gasteiger partial charge >= 0.3 is 0 Å². The van der Waals surface area contributed by atoms with E-state index in [2.05, 4.69) is 10.4 Å². The fraction of sp³-hybridized carbons (Fsp3) is 0.538. The van der Waals surface area contributed by atoms with Gasteiger partial charge in [-0.2, -0.15) is 0 Å². The summed E-state index contributed by atoms with van der Waals surface area (Å²) >= 11 is 0. The molecule has 1 aliphatic rings. The number of hydrazine groups is 1. The van der Waals surface area contributed by atoms with Gasteiger partial charge < -0.3 is 10.3 Å². The Morgan fingerprint density at radius 3 is 2.84 bits per heavy atom. The number of hydrogen-bond donors (Lipinski definition) is 2. The van der Waals surface area contributed by atoms with Crippen LogP contribution in [0.4, 0.5) is 10.2 Å². The summed E-state index contributed by atoms with van der Waals surface area (Å²) < 4.78 is 14.0. The Morgan fingerprint density at radius 2 is 2.32 bits per heavy atom. The molecule has 2 rings (SSSR count). The van der Waals surface area contributed by atoms with Gasteiger partial charge in [-0.1, -0.05) is 0 Å². The standard InChI is InChI=1S/C13H19FN4O/c1-8(2)18(7-9-3-4-9)13(19)10-5-6-16-12(17-15)11(10)14/h5-6,8-9H,3-4,7,15H2,1-2H3,(H,16,17). The van der Waals surface area contributed by atoms with Gasteiger partial charge in [0.2, 0.25) is 0 Å². The maximum Gasteiger partial charge on any atom is 0.257 e. The summed E-state index contributed by atoms with van der Waals surface area (Å²) in [6.45, 7) is 4.55. The van der Waals surface area contributed by atoms with Gasteiger partial charge in [0.15, 0.2) is 11.6 Å². The normalized spacial score (nSPS) is 14.6. The molecule has 104 valence electrons. The lowest BCUT2D eigenvalue weighted by molar-refractivity contribution is 0.0691. The first-order valence-electron chi connectivity index (χ1n) is 6.46. The molecule has 1 aliphatic carbocycles. The molecule has 1 saturated carbocycles. The van der Waals surface area contributed by atoms with E-state index in [4.69, 9.17) is 5.84 Å². The summed E-state index contributed by atoms with van der Waals surface area (Å²) in [6, 6.07) is 1.43. The number of carbonyl (C=O) groups is 1. The smallest absolute Gasteiger partial charge is 0.257 e. The molecule has 1 aromatic heterocycles. The van der Waals surface area contributed by atoms with Crippen LogP contribution in [0.15, 0.2) is 12.3 Å². The number of amides is 1. The topological polar surface area (TPSA) is 71.2 Å². The number of pyridine rings is 1. The van der Waals surface area contributed by atoms with E-state index in [-0.39, 0.29) is 23.3 Å². The molecule has 1 aromatic rings. The molecule has 1 fully saturated rings. The molecule has 0 unspecified atom stereocenters. The highest BCUT2D eigenvalue weighted by Crippen LogP contribution is 2.31. The van der Waals surface area contributed by atoms with Crippen LogP contribution in [0.3, 0.4) is 0 Å². The van der Waals surface area contributed by atoms with Crippen molar-refractivity contribution in [2.75, 3.05) is 12.0 Å². The van der Waals surface area contributed by atoms with Gasteiger partial charge in [0, 0.05) is 18.8 Å². The van der Waals surface area contributed by atoms with Crippen LogP contribution < -0.4 is 11.3 Å². The van der Waals surface area contributed by atoms with Crippen molar-refractivity contribution in [3.05, 3.63) is 23.6 Å². The first kappa shape index (κ1) is 13.7. The Hall–Kier alpha value is -1.69. The Balaban J connectivity index is 2.25. The number of nitrogens with two attached hydrogens (primary N) is 1. The second kappa shape index (κ2) is 5.52. The largest absolute Gasteiger partial charge is 0.336 e. The van der Waals surface area contributed by atoms with Crippen molar-refractivity contribution in [2.24, 2.45) is 11.8 Å². The summed E-state index contributed by atoms with van der Waals surface area (Å²) in [6.07, 6.45) is 3.66. The summed E-state index contributed by atoms with van der Waals surface area (Å²) in [5, 5.41) is 0. The van der Waals surface area contributed by atoms with E-state index in [9.17, 15) is 9.18 Å². The first-order valence-corrected chi connectivity index (χ1v) is 6.46. The van der Waals surface area contributed by atoms with Gasteiger partial charge in [-0.3, -0.25) is 4.79 Å². The highest BCUT2D eigenvalue weighted by molar-refractivity contribution is 5.95. The Labute approximate surface area is 112 Å². The van der Waals surface area contributed by atoms with E-state index in [0.29, 0.717) is 12.5 Å². The minimum Gasteiger partial charge on any atom is -0.336 e. The quantitative estimate of drug-likeness (QED) is 0.629. The van der Waals surface area contributed by atoms with Crippen LogP contribution in [-0.2, 0) is 0 Å². The number of anilines is 1. The number of rotatable bonds is 5. The molecule has 0 atom stereocenters. The van der Waals surface area contributed by atoms with Gasteiger partial charge in [0.05, 0.1) is 5.56 Å². The zero-order valence-electron chi connectivity index (χ0n) is 11.2. The van der Waals surface area contributed by atoms with Gasteiger partial charge in [0.1, 0.15) is 0 Å². The molecule has 1 heterocycles. The fourth-order valence-electron chi connectivity index (χ4n) is 1.97. The van der Waals surface area contributed by atoms with Crippen molar-refractivity contribution in [1.29, 1.82) is 0 Å². The van der Waals surface area contributed by atoms with Gasteiger partial charge in [-0.05, 0) is 38.7 Å². The van der Waals surface area contributed by atoms with Gasteiger partial charge in [-0.25, -0.2) is 15.2 Å². The average Bonchev–Trinajstić information content (AvgIpc) is 3.19. The van der Waals surface area contributed by atoms with Crippen LogP contribution >= 0.6 is 0 Å². The van der Waals surface area contributed by atoms with E-state index < -0.39 is 5.82 Å². The summed E-state index contributed by atoms with van der Waals surface area (Å²) in [5.41, 5.74) is 2.17. The molecule has 6 heteroatoms. The predicted molar refractivity (Wildman–Crippen MR) is 70.9 cm³/mol. The van der Waals surface area contributed by atoms with E-state index in [1.807, 2.05) is 13.8 Å². The van der Waals surface area contributed by atoms with Crippen molar-refractivity contribution in [2.45, 2.75) is 32.7 Å². The van der Waals surface area contributed by atoms with E-state index >= 15 is 0 Å². The lowest BCUT2D eigenvalue weighted by Gasteiger charge is -2.27. The van der Waals surface area contributed by atoms with Crippen molar-refractivity contribution in [1.82, 2.24) is 9.88 Å². The van der Waals surface area contributed by atoms with Gasteiger partial charge in [0.25, 0.3) is 5.91 Å². The van der Waals surface area contributed by atoms with E-state index in [1.165, 1.54) is 12.3 Å². The van der Waals surface area contributed by atoms with Crippen molar-refractivity contribution >= 4 is 11.7 Å². The van der Waals surface area contributed by atoms with Crippen LogP contribution in [0, 0.1) is 11.7 Å². The van der Waals surface area contributed by atoms with E-state index in [0.717, 1.165) is 12.8 Å². The summed E-state index contributed by atoms with van der Waals surface area (Å²) in [7, 11) is 0. The number of aromatic nitrogens is 1. The highest BCUT2D eigenvalue weighted by atomic mass is 19.1. The molecule has 0 aliphatic heterocycles. The molecule has 0 saturated heterocycles. The Bertz CT molecular complexity index is 474. The maximum atomic E-state index is 14.0. The van der Waals surface area contributed by atoms with Crippen LogP contribution in [0.5, 0.6) is 0 Å². The SMILES string of the molecule is CC(C)N(CC1CC1)C(=O)c1ccnc(NN)c1F. The minimum absolute atomic E-state index is 0.0114. The Morgan fingerprint density at radius 1 is 1.63 bits per heavy atom. The van der Waals surface area contributed by atoms with Crippen LogP contribution in [0.25, 0.3) is 0 Å². The second-order valence-corrected chi connectivity index (χ2v) is 5.16. The molecule has 0 aromatic carbocycles. The van der Waals surface area contributed by atoms with Crippen LogP contribution in [0.2, 0.25) is 0 Å². The number of carbonyl (C=O) groups excluding carboxylic acids is 1. The summed E-state index contributed by atoms with van der Waals surface area (Å²) in [4.78, 5) is 17.9. The lowest BCUT2D eigenvalue weighted by Crippen LogP contribution is -2.39. The molecular weight excluding hydrogens is 247 g/mol. The highest BCUT2D eigenvalue weighted by Gasteiger charge is 2.30. The number of nitrogens with zero attached hydrogens (tertiary/aromatic N) is 2. The van der Waals surface area contributed by atoms with Crippen LogP contribution in [-0.4, -0.2) is 28.4 Å². The molecule has 0 radical (unpaired) electrons. The number of hydrogen-bond acceptors (Lipinski definition) is 4. The molecule has 3 N–H and O–H groups in total. The molecule has 19 heavy (non-hydrogen) atoms. The van der Waals surface area contributed by atoms with Gasteiger partial charge in [-0.15, -0.1) is 0 Å². The van der Waals surface area contributed by atoms with E-state index in [1.54, 1.807) is 4.90 Å². The number of nitrogens with one attached hydrogen (secondary N) is 1. The molecular formula is C13H19FN4O. The van der Waals surface area contributed by atoms with Crippen molar-refractivity contribution < 1.29 is 9.18 Å². The molecule has 0 spiro atoms. The summed E-state index contributed by atoms with van der Waals surface area (Å²) in [5.74, 6) is 4.61. The number of nitrogen functional groups attached to an aromatic ring is 1. The average molecular weight is 266 g/mol. The fourth-order valence-corrected chi connectivity index (χ4v) is 1.97. The Kier molecular flexibility index (Phi) is 3.99. The third kappa shape index (κ3) is 3.01. The van der Waals surface area contributed by atoms with Crippen molar-refractivity contribution in [3.63, 3.8) is 0 Å². The minimum atomic E-state index is -0.698.